The lowest BCUT2D eigenvalue weighted by atomic mass is 10.1. The molecule has 4 aromatic rings. The summed E-state index contributed by atoms with van der Waals surface area (Å²) in [7, 11) is 0. The SMILES string of the molecule is O=C(Nc1nc(-c2cc[nH]n2)c(-c2cccc(C(F)(F)F)c2)s1)c1c(F)cccc1F. The molecule has 0 saturated heterocycles. The molecule has 0 spiro atoms. The number of nitrogens with zero attached hydrogens (tertiary/aromatic N) is 2. The fraction of sp³-hybridized carbons (Fsp3) is 0.0500. The smallest absolute Gasteiger partial charge is 0.298 e. The molecule has 2 aromatic heterocycles. The van der Waals surface area contributed by atoms with Gasteiger partial charge in [0.05, 0.1) is 10.4 Å². The van der Waals surface area contributed by atoms with Crippen molar-refractivity contribution in [1.82, 2.24) is 15.2 Å². The average Bonchev–Trinajstić information content (AvgIpc) is 3.37. The Balaban J connectivity index is 1.76. The number of hydrogen-bond acceptors (Lipinski definition) is 4. The van der Waals surface area contributed by atoms with E-state index in [1.807, 2.05) is 0 Å². The number of thiazole rings is 1. The molecule has 31 heavy (non-hydrogen) atoms. The maximum absolute atomic E-state index is 13.9. The molecule has 0 unspecified atom stereocenters. The van der Waals surface area contributed by atoms with Crippen LogP contribution in [0.5, 0.6) is 0 Å². The van der Waals surface area contributed by atoms with Gasteiger partial charge < -0.3 is 0 Å². The maximum Gasteiger partial charge on any atom is 0.416 e. The van der Waals surface area contributed by atoms with Gasteiger partial charge in [0.25, 0.3) is 5.91 Å². The van der Waals surface area contributed by atoms with Gasteiger partial charge in [0.1, 0.15) is 28.6 Å². The lowest BCUT2D eigenvalue weighted by Crippen LogP contribution is -2.15. The monoisotopic (exact) mass is 450 g/mol. The summed E-state index contributed by atoms with van der Waals surface area (Å²) in [5, 5.41) is 8.82. The minimum Gasteiger partial charge on any atom is -0.298 e. The van der Waals surface area contributed by atoms with Crippen molar-refractivity contribution in [2.24, 2.45) is 0 Å². The van der Waals surface area contributed by atoms with Crippen LogP contribution in [-0.4, -0.2) is 21.1 Å². The van der Waals surface area contributed by atoms with Crippen LogP contribution in [0.15, 0.2) is 54.7 Å². The number of hydrogen-bond donors (Lipinski definition) is 2. The molecule has 0 aliphatic heterocycles. The van der Waals surface area contributed by atoms with Crippen LogP contribution in [0.25, 0.3) is 21.8 Å². The third-order valence-electron chi connectivity index (χ3n) is 4.23. The number of halogens is 5. The third-order valence-corrected chi connectivity index (χ3v) is 5.25. The van der Waals surface area contributed by atoms with Crippen LogP contribution in [0.4, 0.5) is 27.1 Å². The molecule has 0 bridgehead atoms. The Morgan fingerprint density at radius 3 is 2.39 bits per heavy atom. The second-order valence-corrected chi connectivity index (χ2v) is 7.28. The van der Waals surface area contributed by atoms with Crippen molar-refractivity contribution in [3.05, 3.63) is 77.5 Å². The molecule has 0 aliphatic rings. The number of rotatable bonds is 4. The van der Waals surface area contributed by atoms with Crippen LogP contribution in [0.1, 0.15) is 15.9 Å². The molecule has 4 rings (SSSR count). The summed E-state index contributed by atoms with van der Waals surface area (Å²) >= 11 is 0.856. The number of amides is 1. The quantitative estimate of drug-likeness (QED) is 0.389. The fourth-order valence-corrected chi connectivity index (χ4v) is 3.81. The van der Waals surface area contributed by atoms with Crippen LogP contribution >= 0.6 is 11.3 Å². The van der Waals surface area contributed by atoms with Crippen molar-refractivity contribution < 1.29 is 26.7 Å². The molecule has 0 aliphatic carbocycles. The third kappa shape index (κ3) is 4.17. The van der Waals surface area contributed by atoms with E-state index in [-0.39, 0.29) is 16.4 Å². The number of aromatic amines is 1. The zero-order valence-corrected chi connectivity index (χ0v) is 16.1. The van der Waals surface area contributed by atoms with Gasteiger partial charge in [-0.2, -0.15) is 18.3 Å². The number of aromatic nitrogens is 3. The number of anilines is 1. The summed E-state index contributed by atoms with van der Waals surface area (Å²) < 4.78 is 67.2. The van der Waals surface area contributed by atoms with Gasteiger partial charge in [0, 0.05) is 6.20 Å². The molecular formula is C20H11F5N4OS. The van der Waals surface area contributed by atoms with Gasteiger partial charge >= 0.3 is 6.18 Å². The van der Waals surface area contributed by atoms with Crippen molar-refractivity contribution in [2.75, 3.05) is 5.32 Å². The van der Waals surface area contributed by atoms with Crippen LogP contribution in [0.2, 0.25) is 0 Å². The zero-order valence-electron chi connectivity index (χ0n) is 15.3. The van der Waals surface area contributed by atoms with Gasteiger partial charge in [0.15, 0.2) is 5.13 Å². The van der Waals surface area contributed by atoms with Gasteiger partial charge in [-0.1, -0.05) is 29.5 Å². The summed E-state index contributed by atoms with van der Waals surface area (Å²) in [4.78, 5) is 16.9. The summed E-state index contributed by atoms with van der Waals surface area (Å²) in [6, 6.07) is 9.13. The number of H-pyrrole nitrogens is 1. The summed E-state index contributed by atoms with van der Waals surface area (Å²) in [5.41, 5.74) is -0.927. The Labute approximate surface area is 175 Å². The van der Waals surface area contributed by atoms with E-state index in [4.69, 9.17) is 0 Å². The maximum atomic E-state index is 13.9. The number of carbonyl (C=O) groups is 1. The van der Waals surface area contributed by atoms with E-state index < -0.39 is 34.8 Å². The molecule has 0 saturated carbocycles. The normalized spacial score (nSPS) is 11.5. The van der Waals surface area contributed by atoms with Crippen LogP contribution in [0.3, 0.4) is 0 Å². The highest BCUT2D eigenvalue weighted by atomic mass is 32.1. The molecule has 1 amide bonds. The van der Waals surface area contributed by atoms with Gasteiger partial charge in [-0.3, -0.25) is 15.2 Å². The van der Waals surface area contributed by atoms with Crippen molar-refractivity contribution in [3.63, 3.8) is 0 Å². The topological polar surface area (TPSA) is 70.7 Å². The summed E-state index contributed by atoms with van der Waals surface area (Å²) in [6.45, 7) is 0. The summed E-state index contributed by atoms with van der Waals surface area (Å²) in [6.07, 6.45) is -3.05. The molecule has 11 heteroatoms. The van der Waals surface area contributed by atoms with Gasteiger partial charge in [-0.05, 0) is 35.9 Å². The van der Waals surface area contributed by atoms with Gasteiger partial charge in [-0.25, -0.2) is 13.8 Å². The number of alkyl halides is 3. The molecule has 5 nitrogen and oxygen atoms in total. The van der Waals surface area contributed by atoms with Gasteiger partial charge in [0.2, 0.25) is 0 Å². The standard InChI is InChI=1S/C20H11F5N4OS/c21-12-5-2-6-13(22)15(12)18(30)28-19-27-16(14-7-8-26-29-14)17(31-19)10-3-1-4-11(9-10)20(23,24)25/h1-9H,(H,26,29)(H,27,28,30). The predicted molar refractivity (Wildman–Crippen MR) is 104 cm³/mol. The highest BCUT2D eigenvalue weighted by Crippen LogP contribution is 2.40. The molecule has 2 heterocycles. The molecule has 2 N–H and O–H groups in total. The van der Waals surface area contributed by atoms with Crippen molar-refractivity contribution in [1.29, 1.82) is 0 Å². The number of carbonyl (C=O) groups excluding carboxylic acids is 1. The highest BCUT2D eigenvalue weighted by molar-refractivity contribution is 7.19. The molecule has 0 radical (unpaired) electrons. The Morgan fingerprint density at radius 1 is 1.03 bits per heavy atom. The fourth-order valence-electron chi connectivity index (χ4n) is 2.85. The van der Waals surface area contributed by atoms with Crippen LogP contribution < -0.4 is 5.32 Å². The van der Waals surface area contributed by atoms with E-state index in [1.54, 1.807) is 6.07 Å². The highest BCUT2D eigenvalue weighted by Gasteiger charge is 2.31. The second-order valence-electron chi connectivity index (χ2n) is 6.29. The van der Waals surface area contributed by atoms with E-state index in [1.165, 1.54) is 18.3 Å². The molecule has 0 fully saturated rings. The lowest BCUT2D eigenvalue weighted by Gasteiger charge is -2.08. The first kappa shape index (κ1) is 20.7. The van der Waals surface area contributed by atoms with Gasteiger partial charge in [-0.15, -0.1) is 0 Å². The Hall–Kier alpha value is -3.60. The minimum absolute atomic E-state index is 0.0573. The van der Waals surface area contributed by atoms with E-state index in [9.17, 15) is 26.7 Å². The Kier molecular flexibility index (Phi) is 5.27. The second kappa shape index (κ2) is 7.91. The molecule has 0 atom stereocenters. The molecule has 2 aromatic carbocycles. The van der Waals surface area contributed by atoms with E-state index in [2.05, 4.69) is 20.5 Å². The molecular weight excluding hydrogens is 439 g/mol. The number of benzene rings is 2. The van der Waals surface area contributed by atoms with Crippen molar-refractivity contribution in [3.8, 4) is 21.8 Å². The first-order chi connectivity index (χ1) is 14.7. The van der Waals surface area contributed by atoms with Crippen LogP contribution in [-0.2, 0) is 6.18 Å². The van der Waals surface area contributed by atoms with Crippen LogP contribution in [0, 0.1) is 11.6 Å². The number of nitrogens with one attached hydrogen (secondary N) is 2. The van der Waals surface area contributed by atoms with E-state index >= 15 is 0 Å². The average molecular weight is 450 g/mol. The van der Waals surface area contributed by atoms with E-state index in [0.29, 0.717) is 10.6 Å². The van der Waals surface area contributed by atoms with Crippen molar-refractivity contribution in [2.45, 2.75) is 6.18 Å². The largest absolute Gasteiger partial charge is 0.416 e. The minimum atomic E-state index is -4.55. The Bertz CT molecular complexity index is 1230. The zero-order chi connectivity index (χ0) is 22.2. The Morgan fingerprint density at radius 2 is 1.74 bits per heavy atom. The lowest BCUT2D eigenvalue weighted by molar-refractivity contribution is -0.137. The molecule has 158 valence electrons. The first-order valence-electron chi connectivity index (χ1n) is 8.68. The predicted octanol–water partition coefficient (Wildman–Crippen LogP) is 5.75. The van der Waals surface area contributed by atoms with E-state index in [0.717, 1.165) is 41.7 Å². The first-order valence-corrected chi connectivity index (χ1v) is 9.49. The summed E-state index contributed by atoms with van der Waals surface area (Å²) in [5.74, 6) is -3.19. The van der Waals surface area contributed by atoms with Crippen molar-refractivity contribution >= 4 is 22.4 Å².